The third-order valence-corrected chi connectivity index (χ3v) is 4.31. The van der Waals surface area contributed by atoms with E-state index in [2.05, 4.69) is 0 Å². The Hall–Kier alpha value is -3.55. The Morgan fingerprint density at radius 3 is 2.50 bits per heavy atom. The highest BCUT2D eigenvalue weighted by atomic mass is 19.1. The first kappa shape index (κ1) is 19.2. The highest BCUT2D eigenvalue weighted by Gasteiger charge is 2.36. The van der Waals surface area contributed by atoms with Gasteiger partial charge in [-0.3, -0.25) is 24.1 Å². The summed E-state index contributed by atoms with van der Waals surface area (Å²) in [6, 6.07) is 12.4. The average Bonchev–Trinajstić information content (AvgIpc) is 2.93. The molecule has 3 rings (SSSR count). The van der Waals surface area contributed by atoms with E-state index in [0.717, 1.165) is 4.90 Å². The fourth-order valence-corrected chi connectivity index (χ4v) is 2.80. The summed E-state index contributed by atoms with van der Waals surface area (Å²) in [7, 11) is 1.46. The van der Waals surface area contributed by atoms with E-state index >= 15 is 0 Å². The highest BCUT2D eigenvalue weighted by molar-refractivity contribution is 6.52. The van der Waals surface area contributed by atoms with Crippen LogP contribution in [0.25, 0.3) is 0 Å². The predicted octanol–water partition coefficient (Wildman–Crippen LogP) is 1.56. The lowest BCUT2D eigenvalue weighted by atomic mass is 10.1. The van der Waals surface area contributed by atoms with Gasteiger partial charge in [-0.15, -0.1) is 0 Å². The van der Waals surface area contributed by atoms with Crippen LogP contribution >= 0.6 is 0 Å². The van der Waals surface area contributed by atoms with Crippen LogP contribution in [0.1, 0.15) is 15.9 Å². The van der Waals surface area contributed by atoms with E-state index in [1.54, 1.807) is 36.4 Å². The molecule has 8 heteroatoms. The number of benzene rings is 2. The molecule has 0 radical (unpaired) electrons. The zero-order chi connectivity index (χ0) is 20.3. The summed E-state index contributed by atoms with van der Waals surface area (Å²) in [4.78, 5) is 50.3. The smallest absolute Gasteiger partial charge is 0.326 e. The highest BCUT2D eigenvalue weighted by Crippen LogP contribution is 2.28. The van der Waals surface area contributed by atoms with Crippen LogP contribution in [0.2, 0.25) is 0 Å². The number of rotatable bonds is 6. The number of hydrogen-bond acceptors (Lipinski definition) is 5. The number of esters is 1. The molecule has 0 aliphatic carbocycles. The summed E-state index contributed by atoms with van der Waals surface area (Å²) in [5, 5.41) is 0. The number of ether oxygens (including phenoxy) is 1. The van der Waals surface area contributed by atoms with Crippen LogP contribution < -0.4 is 4.90 Å². The standard InChI is InChI=1S/C20H17FN2O5/c1-22(10-13-6-2-4-8-15(13)21)17(24)12-28-18(25)11-23-16-9-5-3-7-14(16)19(26)20(23)27/h2-9H,10-12H2,1H3. The Bertz CT molecular complexity index is 959. The number of hydrogen-bond donors (Lipinski definition) is 0. The molecule has 2 aromatic rings. The molecule has 0 unspecified atom stereocenters. The molecule has 1 aliphatic heterocycles. The van der Waals surface area contributed by atoms with Crippen molar-refractivity contribution in [1.82, 2.24) is 4.90 Å². The minimum atomic E-state index is -0.828. The third-order valence-electron chi connectivity index (χ3n) is 4.31. The van der Waals surface area contributed by atoms with Crippen molar-refractivity contribution >= 4 is 29.3 Å². The maximum atomic E-state index is 13.7. The minimum Gasteiger partial charge on any atom is -0.454 e. The molecule has 1 heterocycles. The Kier molecular flexibility index (Phi) is 5.49. The molecule has 1 aliphatic rings. The summed E-state index contributed by atoms with van der Waals surface area (Å²) < 4.78 is 18.6. The molecule has 28 heavy (non-hydrogen) atoms. The Balaban J connectivity index is 1.54. The number of carbonyl (C=O) groups is 4. The maximum Gasteiger partial charge on any atom is 0.326 e. The molecule has 0 atom stereocenters. The summed E-state index contributed by atoms with van der Waals surface area (Å²) >= 11 is 0. The number of fused-ring (bicyclic) bond motifs is 1. The van der Waals surface area contributed by atoms with Crippen molar-refractivity contribution in [3.8, 4) is 0 Å². The van der Waals surface area contributed by atoms with Gasteiger partial charge < -0.3 is 9.64 Å². The van der Waals surface area contributed by atoms with Gasteiger partial charge in [0.25, 0.3) is 17.6 Å². The molecule has 0 spiro atoms. The van der Waals surface area contributed by atoms with Gasteiger partial charge in [0.05, 0.1) is 11.3 Å². The van der Waals surface area contributed by atoms with Crippen LogP contribution in [0.4, 0.5) is 10.1 Å². The van der Waals surface area contributed by atoms with Crippen molar-refractivity contribution < 1.29 is 28.3 Å². The van der Waals surface area contributed by atoms with Crippen LogP contribution in [-0.4, -0.2) is 48.7 Å². The predicted molar refractivity (Wildman–Crippen MR) is 97.0 cm³/mol. The van der Waals surface area contributed by atoms with Crippen molar-refractivity contribution in [2.24, 2.45) is 0 Å². The Labute approximate surface area is 160 Å². The molecule has 7 nitrogen and oxygen atoms in total. The van der Waals surface area contributed by atoms with Gasteiger partial charge in [0.15, 0.2) is 6.61 Å². The summed E-state index contributed by atoms with van der Waals surface area (Å²) in [6.45, 7) is -1.01. The number of nitrogens with zero attached hydrogens (tertiary/aromatic N) is 2. The number of anilines is 1. The maximum absolute atomic E-state index is 13.7. The second-order valence-electron chi connectivity index (χ2n) is 6.24. The SMILES string of the molecule is CN(Cc1ccccc1F)C(=O)COC(=O)CN1C(=O)C(=O)c2ccccc21. The van der Waals surface area contributed by atoms with Gasteiger partial charge in [-0.25, -0.2) is 4.39 Å². The first-order valence-corrected chi connectivity index (χ1v) is 8.46. The second-order valence-corrected chi connectivity index (χ2v) is 6.24. The van der Waals surface area contributed by atoms with Gasteiger partial charge in [-0.1, -0.05) is 30.3 Å². The first-order valence-electron chi connectivity index (χ1n) is 8.46. The third kappa shape index (κ3) is 3.90. The Morgan fingerprint density at radius 1 is 1.07 bits per heavy atom. The number of ketones is 1. The second kappa shape index (κ2) is 7.99. The van der Waals surface area contributed by atoms with Crippen molar-refractivity contribution in [2.75, 3.05) is 25.1 Å². The van der Waals surface area contributed by atoms with Crippen molar-refractivity contribution in [3.05, 3.63) is 65.5 Å². The zero-order valence-electron chi connectivity index (χ0n) is 15.1. The van der Waals surface area contributed by atoms with E-state index in [0.29, 0.717) is 11.3 Å². The molecule has 0 fully saturated rings. The van der Waals surface area contributed by atoms with Crippen LogP contribution in [0.5, 0.6) is 0 Å². The van der Waals surface area contributed by atoms with Crippen LogP contribution in [-0.2, 0) is 25.7 Å². The molecule has 2 amide bonds. The molecule has 2 aromatic carbocycles. The molecule has 144 valence electrons. The van der Waals surface area contributed by atoms with Crippen LogP contribution in [0, 0.1) is 5.82 Å². The molecule has 0 saturated heterocycles. The number of halogens is 1. The molecular weight excluding hydrogens is 367 g/mol. The molecule has 0 saturated carbocycles. The molecule has 0 N–H and O–H groups in total. The normalized spacial score (nSPS) is 12.7. The lowest BCUT2D eigenvalue weighted by molar-refractivity contribution is -0.150. The van der Waals surface area contributed by atoms with Gasteiger partial charge in [0, 0.05) is 19.2 Å². The van der Waals surface area contributed by atoms with Crippen molar-refractivity contribution in [2.45, 2.75) is 6.54 Å². The number of Topliss-reactive ketones (excluding diaryl/α,β-unsaturated/α-hetero) is 1. The van der Waals surface area contributed by atoms with E-state index in [9.17, 15) is 23.6 Å². The number of likely N-dealkylation sites (N-methyl/N-ethyl adjacent to an activating group) is 1. The summed E-state index contributed by atoms with van der Waals surface area (Å²) in [6.07, 6.45) is 0. The first-order chi connectivity index (χ1) is 13.4. The topological polar surface area (TPSA) is 84.0 Å². The van der Waals surface area contributed by atoms with Crippen molar-refractivity contribution in [3.63, 3.8) is 0 Å². The number of para-hydroxylation sites is 1. The molecular formula is C20H17FN2O5. The van der Waals surface area contributed by atoms with Gasteiger partial charge >= 0.3 is 5.97 Å². The average molecular weight is 384 g/mol. The Morgan fingerprint density at radius 2 is 1.75 bits per heavy atom. The largest absolute Gasteiger partial charge is 0.454 e. The van der Waals surface area contributed by atoms with Gasteiger partial charge in [-0.05, 0) is 18.2 Å². The quantitative estimate of drug-likeness (QED) is 0.557. The van der Waals surface area contributed by atoms with Gasteiger partial charge in [0.1, 0.15) is 12.4 Å². The fourth-order valence-electron chi connectivity index (χ4n) is 2.80. The lowest BCUT2D eigenvalue weighted by Crippen LogP contribution is -2.37. The number of carbonyl (C=O) groups excluding carboxylic acids is 4. The number of amides is 2. The summed E-state index contributed by atoms with van der Waals surface area (Å²) in [5.74, 6) is -3.30. The van der Waals surface area contributed by atoms with E-state index in [-0.39, 0.29) is 12.1 Å². The summed E-state index contributed by atoms with van der Waals surface area (Å²) in [5.41, 5.74) is 0.890. The van der Waals surface area contributed by atoms with Crippen molar-refractivity contribution in [1.29, 1.82) is 0 Å². The molecule has 0 bridgehead atoms. The zero-order valence-corrected chi connectivity index (χ0v) is 15.1. The van der Waals surface area contributed by atoms with E-state index in [4.69, 9.17) is 4.74 Å². The van der Waals surface area contributed by atoms with Crippen LogP contribution in [0.15, 0.2) is 48.5 Å². The van der Waals surface area contributed by atoms with E-state index < -0.39 is 42.5 Å². The van der Waals surface area contributed by atoms with E-state index in [1.807, 2.05) is 0 Å². The fraction of sp³-hybridized carbons (Fsp3) is 0.200. The monoisotopic (exact) mass is 384 g/mol. The van der Waals surface area contributed by atoms with Crippen LogP contribution in [0.3, 0.4) is 0 Å². The molecule has 0 aromatic heterocycles. The van der Waals surface area contributed by atoms with Gasteiger partial charge in [0.2, 0.25) is 0 Å². The van der Waals surface area contributed by atoms with Gasteiger partial charge in [-0.2, -0.15) is 0 Å². The lowest BCUT2D eigenvalue weighted by Gasteiger charge is -2.19. The minimum absolute atomic E-state index is 0.0234. The van der Waals surface area contributed by atoms with E-state index in [1.165, 1.54) is 24.1 Å².